The van der Waals surface area contributed by atoms with Crippen LogP contribution in [-0.2, 0) is 0 Å². The highest BCUT2D eigenvalue weighted by atomic mass is 32.1. The van der Waals surface area contributed by atoms with Gasteiger partial charge in [-0.15, -0.1) is 11.3 Å². The standard InChI is InChI=1S/C10H7NO3S/c12-8(7-5-15-6-11-7)4-9(13)10-2-1-3-14-10/h1-3,5-6H,4H2. The first-order chi connectivity index (χ1) is 7.27. The fourth-order valence-corrected chi connectivity index (χ4v) is 1.67. The summed E-state index contributed by atoms with van der Waals surface area (Å²) >= 11 is 1.33. The van der Waals surface area contributed by atoms with Gasteiger partial charge in [0.1, 0.15) is 5.69 Å². The van der Waals surface area contributed by atoms with E-state index in [4.69, 9.17) is 4.42 Å². The minimum Gasteiger partial charge on any atom is -0.461 e. The van der Waals surface area contributed by atoms with Crippen LogP contribution in [0, 0.1) is 0 Å². The van der Waals surface area contributed by atoms with Crippen molar-refractivity contribution in [1.29, 1.82) is 0 Å². The smallest absolute Gasteiger partial charge is 0.205 e. The van der Waals surface area contributed by atoms with Gasteiger partial charge in [-0.25, -0.2) is 4.98 Å². The Morgan fingerprint density at radius 2 is 2.27 bits per heavy atom. The van der Waals surface area contributed by atoms with Gasteiger partial charge in [-0.3, -0.25) is 9.59 Å². The molecule has 0 saturated carbocycles. The van der Waals surface area contributed by atoms with E-state index in [0.29, 0.717) is 5.69 Å². The monoisotopic (exact) mass is 221 g/mol. The molecule has 0 amide bonds. The van der Waals surface area contributed by atoms with E-state index >= 15 is 0 Å². The van der Waals surface area contributed by atoms with Gasteiger partial charge in [-0.05, 0) is 12.1 Å². The van der Waals surface area contributed by atoms with Crippen LogP contribution in [-0.4, -0.2) is 16.6 Å². The van der Waals surface area contributed by atoms with Gasteiger partial charge in [0, 0.05) is 5.38 Å². The van der Waals surface area contributed by atoms with Crippen LogP contribution in [0.4, 0.5) is 0 Å². The predicted octanol–water partition coefficient (Wildman–Crippen LogP) is 2.19. The highest BCUT2D eigenvalue weighted by Gasteiger charge is 2.16. The molecule has 2 heterocycles. The molecule has 0 spiro atoms. The summed E-state index contributed by atoms with van der Waals surface area (Å²) in [5, 5.41) is 1.62. The van der Waals surface area contributed by atoms with Crippen LogP contribution in [0.2, 0.25) is 0 Å². The Morgan fingerprint density at radius 3 is 2.87 bits per heavy atom. The Morgan fingerprint density at radius 1 is 1.40 bits per heavy atom. The molecule has 5 heteroatoms. The fraction of sp³-hybridized carbons (Fsp3) is 0.100. The molecule has 0 atom stereocenters. The third-order valence-corrected chi connectivity index (χ3v) is 2.42. The SMILES string of the molecule is O=C(CC(=O)c1ccco1)c1cscn1. The second kappa shape index (κ2) is 4.18. The molecule has 0 bridgehead atoms. The average Bonchev–Trinajstić information content (AvgIpc) is 2.91. The lowest BCUT2D eigenvalue weighted by Gasteiger charge is -1.94. The maximum Gasteiger partial charge on any atom is 0.205 e. The van der Waals surface area contributed by atoms with E-state index in [0.717, 1.165) is 0 Å². The molecule has 0 aliphatic heterocycles. The first-order valence-electron chi connectivity index (χ1n) is 4.25. The van der Waals surface area contributed by atoms with E-state index < -0.39 is 0 Å². The van der Waals surface area contributed by atoms with E-state index in [-0.39, 0.29) is 23.7 Å². The molecule has 0 N–H and O–H groups in total. The number of thiazole rings is 1. The molecule has 2 aromatic rings. The summed E-state index contributed by atoms with van der Waals surface area (Å²) < 4.78 is 4.89. The number of carbonyl (C=O) groups excluding carboxylic acids is 2. The molecule has 0 aliphatic carbocycles. The van der Waals surface area contributed by atoms with Crippen LogP contribution in [0.1, 0.15) is 27.5 Å². The van der Waals surface area contributed by atoms with Crippen LogP contribution < -0.4 is 0 Å². The van der Waals surface area contributed by atoms with Gasteiger partial charge in [0.05, 0.1) is 18.2 Å². The first-order valence-corrected chi connectivity index (χ1v) is 5.20. The maximum absolute atomic E-state index is 11.5. The lowest BCUT2D eigenvalue weighted by molar-refractivity contribution is 0.0876. The Balaban J connectivity index is 2.04. The molecular formula is C10H7NO3S. The summed E-state index contributed by atoms with van der Waals surface area (Å²) in [5.74, 6) is -0.394. The quantitative estimate of drug-likeness (QED) is 0.586. The zero-order chi connectivity index (χ0) is 10.7. The van der Waals surface area contributed by atoms with Crippen LogP contribution in [0.5, 0.6) is 0 Å². The summed E-state index contributed by atoms with van der Waals surface area (Å²) in [5.41, 5.74) is 1.89. The minimum absolute atomic E-state index is 0.197. The molecule has 76 valence electrons. The van der Waals surface area contributed by atoms with E-state index in [1.54, 1.807) is 17.0 Å². The molecule has 0 fully saturated rings. The van der Waals surface area contributed by atoms with Gasteiger partial charge in [0.15, 0.2) is 11.5 Å². The number of furan rings is 1. The topological polar surface area (TPSA) is 60.2 Å². The van der Waals surface area contributed by atoms with Crippen molar-refractivity contribution in [3.63, 3.8) is 0 Å². The van der Waals surface area contributed by atoms with Gasteiger partial charge < -0.3 is 4.42 Å². The summed E-state index contributed by atoms with van der Waals surface area (Å²) in [6, 6.07) is 3.15. The molecule has 15 heavy (non-hydrogen) atoms. The Kier molecular flexibility index (Phi) is 2.73. The minimum atomic E-state index is -0.321. The number of ketones is 2. The normalized spacial score (nSPS) is 10.1. The van der Waals surface area contributed by atoms with E-state index in [1.807, 2.05) is 0 Å². The van der Waals surface area contributed by atoms with Crippen LogP contribution >= 0.6 is 11.3 Å². The number of rotatable bonds is 4. The van der Waals surface area contributed by atoms with Gasteiger partial charge in [0.25, 0.3) is 0 Å². The van der Waals surface area contributed by atoms with Gasteiger partial charge in [-0.2, -0.15) is 0 Å². The van der Waals surface area contributed by atoms with E-state index in [2.05, 4.69) is 4.98 Å². The van der Waals surface area contributed by atoms with Crippen molar-refractivity contribution in [2.75, 3.05) is 0 Å². The molecule has 0 aliphatic rings. The number of hydrogen-bond acceptors (Lipinski definition) is 5. The summed E-state index contributed by atoms with van der Waals surface area (Å²) in [6.45, 7) is 0. The predicted molar refractivity (Wildman–Crippen MR) is 54.1 cm³/mol. The third-order valence-electron chi connectivity index (χ3n) is 1.84. The van der Waals surface area contributed by atoms with E-state index in [1.165, 1.54) is 23.7 Å². The number of nitrogens with zero attached hydrogens (tertiary/aromatic N) is 1. The molecule has 4 nitrogen and oxygen atoms in total. The Labute approximate surface area is 89.6 Å². The van der Waals surface area contributed by atoms with Crippen LogP contribution in [0.15, 0.2) is 33.7 Å². The molecule has 0 aromatic carbocycles. The largest absolute Gasteiger partial charge is 0.461 e. The fourth-order valence-electron chi connectivity index (χ4n) is 1.11. The molecule has 0 saturated heterocycles. The second-order valence-electron chi connectivity index (χ2n) is 2.87. The first kappa shape index (κ1) is 9.79. The van der Waals surface area contributed by atoms with Crippen molar-refractivity contribution in [2.45, 2.75) is 6.42 Å². The zero-order valence-corrected chi connectivity index (χ0v) is 8.49. The molecule has 2 aromatic heterocycles. The zero-order valence-electron chi connectivity index (χ0n) is 7.67. The van der Waals surface area contributed by atoms with Crippen molar-refractivity contribution in [1.82, 2.24) is 4.98 Å². The number of carbonyl (C=O) groups is 2. The molecule has 2 rings (SSSR count). The number of hydrogen-bond donors (Lipinski definition) is 0. The highest BCUT2D eigenvalue weighted by Crippen LogP contribution is 2.09. The van der Waals surface area contributed by atoms with Crippen molar-refractivity contribution in [3.8, 4) is 0 Å². The molecule has 0 unspecified atom stereocenters. The van der Waals surface area contributed by atoms with Gasteiger partial charge in [-0.1, -0.05) is 0 Å². The highest BCUT2D eigenvalue weighted by molar-refractivity contribution is 7.07. The Bertz CT molecular complexity index is 415. The van der Waals surface area contributed by atoms with Crippen LogP contribution in [0.3, 0.4) is 0 Å². The lowest BCUT2D eigenvalue weighted by atomic mass is 10.1. The van der Waals surface area contributed by atoms with Crippen molar-refractivity contribution in [2.24, 2.45) is 0 Å². The maximum atomic E-state index is 11.5. The lowest BCUT2D eigenvalue weighted by Crippen LogP contribution is -2.08. The summed E-state index contributed by atoms with van der Waals surface area (Å²) in [4.78, 5) is 26.8. The third kappa shape index (κ3) is 2.19. The van der Waals surface area contributed by atoms with Crippen molar-refractivity contribution in [3.05, 3.63) is 40.7 Å². The van der Waals surface area contributed by atoms with E-state index in [9.17, 15) is 9.59 Å². The van der Waals surface area contributed by atoms with Crippen molar-refractivity contribution >= 4 is 22.9 Å². The van der Waals surface area contributed by atoms with Gasteiger partial charge >= 0.3 is 0 Å². The molecular weight excluding hydrogens is 214 g/mol. The Hall–Kier alpha value is -1.75. The van der Waals surface area contributed by atoms with Gasteiger partial charge in [0.2, 0.25) is 5.78 Å². The number of Topliss-reactive ketones (excluding diaryl/α,β-unsaturated/α-hetero) is 2. The summed E-state index contributed by atoms with van der Waals surface area (Å²) in [6.07, 6.45) is 1.21. The van der Waals surface area contributed by atoms with Crippen LogP contribution in [0.25, 0.3) is 0 Å². The second-order valence-corrected chi connectivity index (χ2v) is 3.59. The summed E-state index contributed by atoms with van der Waals surface area (Å²) in [7, 11) is 0. The molecule has 0 radical (unpaired) electrons. The number of aromatic nitrogens is 1. The average molecular weight is 221 g/mol. The van der Waals surface area contributed by atoms with Crippen molar-refractivity contribution < 1.29 is 14.0 Å².